The van der Waals surface area contributed by atoms with E-state index in [1.165, 1.54) is 4.90 Å². The fraction of sp³-hybridized carbons (Fsp3) is 0.700. The maximum absolute atomic E-state index is 11.6. The second-order valence-electron chi connectivity index (χ2n) is 4.32. The highest BCUT2D eigenvalue weighted by Crippen LogP contribution is 2.13. The Bertz CT molecular complexity index is 373. The van der Waals surface area contributed by atoms with Gasteiger partial charge in [-0.2, -0.15) is 0 Å². The van der Waals surface area contributed by atoms with Gasteiger partial charge in [0.05, 0.1) is 0 Å². The van der Waals surface area contributed by atoms with Crippen LogP contribution in [-0.4, -0.2) is 48.3 Å². The van der Waals surface area contributed by atoms with Crippen molar-refractivity contribution >= 4 is 18.0 Å². The minimum Gasteiger partial charge on any atom is -0.355 e. The average Bonchev–Trinajstić information content (AvgIpc) is 2.78. The number of hydrogen-bond donors (Lipinski definition) is 4. The number of fused-ring (bicyclic) bond motifs is 1. The van der Waals surface area contributed by atoms with Crippen LogP contribution in [0.5, 0.6) is 0 Å². The van der Waals surface area contributed by atoms with E-state index in [1.54, 1.807) is 0 Å². The zero-order valence-corrected chi connectivity index (χ0v) is 10.2. The Morgan fingerprint density at radius 2 is 2.11 bits per heavy atom. The summed E-state index contributed by atoms with van der Waals surface area (Å²) in [6.07, 6.45) is 0.938. The maximum Gasteiger partial charge on any atom is 0.321 e. The predicted octanol–water partition coefficient (Wildman–Crippen LogP) is -1.11. The van der Waals surface area contributed by atoms with Gasteiger partial charge in [-0.1, -0.05) is 13.3 Å². The topological polar surface area (TPSA) is 103 Å². The molecule has 0 saturated carbocycles. The normalized spacial score (nSPS) is 25.3. The first kappa shape index (κ1) is 12.5. The first-order valence-corrected chi connectivity index (χ1v) is 6.02. The van der Waals surface area contributed by atoms with Crippen LogP contribution in [0.3, 0.4) is 0 Å². The van der Waals surface area contributed by atoms with E-state index in [-0.39, 0.29) is 24.5 Å². The van der Waals surface area contributed by atoms with E-state index < -0.39 is 12.3 Å². The Kier molecular flexibility index (Phi) is 3.54. The first-order chi connectivity index (χ1) is 8.61. The third-order valence-corrected chi connectivity index (χ3v) is 2.92. The summed E-state index contributed by atoms with van der Waals surface area (Å²) in [5.41, 5.74) is 0. The van der Waals surface area contributed by atoms with Crippen LogP contribution in [0.15, 0.2) is 0 Å². The number of unbranched alkanes of at least 4 members (excludes halogenated alkanes) is 1. The van der Waals surface area contributed by atoms with Gasteiger partial charge in [0.15, 0.2) is 0 Å². The summed E-state index contributed by atoms with van der Waals surface area (Å²) in [5.74, 6) is -0.222. The number of hydrogen-bond acceptors (Lipinski definition) is 3. The third kappa shape index (κ3) is 2.47. The van der Waals surface area contributed by atoms with Crippen LogP contribution in [0, 0.1) is 0 Å². The van der Waals surface area contributed by atoms with Gasteiger partial charge in [0, 0.05) is 6.54 Å². The highest BCUT2D eigenvalue weighted by molar-refractivity contribution is 5.88. The zero-order chi connectivity index (χ0) is 13.1. The number of carbonyl (C=O) groups is 3. The van der Waals surface area contributed by atoms with Crippen LogP contribution < -0.4 is 21.3 Å². The van der Waals surface area contributed by atoms with Crippen LogP contribution in [0.1, 0.15) is 19.8 Å². The molecule has 2 atom stereocenters. The number of rotatable bonds is 5. The summed E-state index contributed by atoms with van der Waals surface area (Å²) in [6, 6.07) is -0.704. The molecule has 4 N–H and O–H groups in total. The summed E-state index contributed by atoms with van der Waals surface area (Å²) >= 11 is 0. The second-order valence-corrected chi connectivity index (χ2v) is 4.32. The molecule has 0 aromatic rings. The van der Waals surface area contributed by atoms with Crippen LogP contribution in [-0.2, 0) is 4.79 Å². The molecule has 0 radical (unpaired) electrons. The molecule has 2 saturated heterocycles. The lowest BCUT2D eigenvalue weighted by atomic mass is 10.3. The van der Waals surface area contributed by atoms with Crippen molar-refractivity contribution in [3.63, 3.8) is 0 Å². The van der Waals surface area contributed by atoms with Crippen molar-refractivity contribution in [3.05, 3.63) is 0 Å². The van der Waals surface area contributed by atoms with Crippen LogP contribution in [0.25, 0.3) is 0 Å². The average molecular weight is 255 g/mol. The van der Waals surface area contributed by atoms with E-state index >= 15 is 0 Å². The van der Waals surface area contributed by atoms with Crippen molar-refractivity contribution in [1.29, 1.82) is 0 Å². The van der Waals surface area contributed by atoms with Crippen LogP contribution >= 0.6 is 0 Å². The van der Waals surface area contributed by atoms with Crippen molar-refractivity contribution in [1.82, 2.24) is 26.2 Å². The van der Waals surface area contributed by atoms with E-state index in [0.29, 0.717) is 6.54 Å². The molecular formula is C10H17N5O3. The van der Waals surface area contributed by atoms with Gasteiger partial charge in [-0.15, -0.1) is 0 Å². The second kappa shape index (κ2) is 5.11. The first-order valence-electron chi connectivity index (χ1n) is 6.02. The largest absolute Gasteiger partial charge is 0.355 e. The Hall–Kier alpha value is -1.99. The van der Waals surface area contributed by atoms with Gasteiger partial charge in [-0.3, -0.25) is 9.69 Å². The molecule has 0 aromatic carbocycles. The SMILES string of the molecule is CCCCNC(=O)CN1C(=O)N[C@@H]2NC(=O)N[C@H]21. The number of urea groups is 2. The molecule has 0 aliphatic carbocycles. The molecule has 18 heavy (non-hydrogen) atoms. The molecule has 2 heterocycles. The quantitative estimate of drug-likeness (QED) is 0.468. The van der Waals surface area contributed by atoms with Gasteiger partial charge in [-0.05, 0) is 6.42 Å². The summed E-state index contributed by atoms with van der Waals surface area (Å²) in [7, 11) is 0. The maximum atomic E-state index is 11.6. The highest BCUT2D eigenvalue weighted by atomic mass is 16.2. The molecule has 5 amide bonds. The standard InChI is InChI=1S/C10H17N5O3/c1-2-3-4-11-6(16)5-15-8-7(13-10(15)18)12-9(17)14-8/h7-8H,2-5H2,1H3,(H,11,16)(H,13,18)(H2,12,14,17)/t7-,8-/m0/s1. The molecule has 2 rings (SSSR count). The van der Waals surface area contributed by atoms with Crippen molar-refractivity contribution in [3.8, 4) is 0 Å². The number of nitrogens with one attached hydrogen (secondary N) is 4. The van der Waals surface area contributed by atoms with E-state index in [2.05, 4.69) is 21.3 Å². The van der Waals surface area contributed by atoms with Gasteiger partial charge >= 0.3 is 12.1 Å². The van der Waals surface area contributed by atoms with Crippen molar-refractivity contribution in [2.24, 2.45) is 0 Å². The molecule has 0 aromatic heterocycles. The molecule has 2 aliphatic rings. The third-order valence-electron chi connectivity index (χ3n) is 2.92. The molecular weight excluding hydrogens is 238 g/mol. The smallest absolute Gasteiger partial charge is 0.321 e. The van der Waals surface area contributed by atoms with Gasteiger partial charge in [0.1, 0.15) is 18.9 Å². The van der Waals surface area contributed by atoms with Gasteiger partial charge in [-0.25, -0.2) is 9.59 Å². The van der Waals surface area contributed by atoms with Crippen LogP contribution in [0.4, 0.5) is 9.59 Å². The number of nitrogens with zero attached hydrogens (tertiary/aromatic N) is 1. The molecule has 8 heteroatoms. The van der Waals surface area contributed by atoms with Gasteiger partial charge in [0.25, 0.3) is 0 Å². The highest BCUT2D eigenvalue weighted by Gasteiger charge is 2.45. The summed E-state index contributed by atoms with van der Waals surface area (Å²) in [5, 5.41) is 10.4. The van der Waals surface area contributed by atoms with Crippen molar-refractivity contribution < 1.29 is 14.4 Å². The molecule has 2 fully saturated rings. The van der Waals surface area contributed by atoms with E-state index in [4.69, 9.17) is 0 Å². The van der Waals surface area contributed by atoms with Crippen molar-refractivity contribution in [2.45, 2.75) is 32.1 Å². The van der Waals surface area contributed by atoms with Gasteiger partial charge in [0.2, 0.25) is 5.91 Å². The lowest BCUT2D eigenvalue weighted by Crippen LogP contribution is -2.48. The molecule has 0 bridgehead atoms. The Labute approximate surface area is 104 Å². The molecule has 2 aliphatic heterocycles. The Balaban J connectivity index is 1.86. The van der Waals surface area contributed by atoms with E-state index in [1.807, 2.05) is 6.92 Å². The van der Waals surface area contributed by atoms with Gasteiger partial charge < -0.3 is 21.3 Å². The summed E-state index contributed by atoms with van der Waals surface area (Å²) in [6.45, 7) is 2.58. The van der Waals surface area contributed by atoms with Crippen molar-refractivity contribution in [2.75, 3.05) is 13.1 Å². The molecule has 0 spiro atoms. The minimum atomic E-state index is -0.498. The zero-order valence-electron chi connectivity index (χ0n) is 10.2. The number of amides is 5. The number of carbonyl (C=O) groups excluding carboxylic acids is 3. The van der Waals surface area contributed by atoms with E-state index in [9.17, 15) is 14.4 Å². The molecule has 8 nitrogen and oxygen atoms in total. The van der Waals surface area contributed by atoms with E-state index in [0.717, 1.165) is 12.8 Å². The fourth-order valence-corrected chi connectivity index (χ4v) is 1.98. The Morgan fingerprint density at radius 3 is 2.83 bits per heavy atom. The molecule has 0 unspecified atom stereocenters. The lowest BCUT2D eigenvalue weighted by Gasteiger charge is -2.20. The summed E-state index contributed by atoms with van der Waals surface area (Å²) < 4.78 is 0. The fourth-order valence-electron chi connectivity index (χ4n) is 1.98. The molecule has 100 valence electrons. The predicted molar refractivity (Wildman–Crippen MR) is 62.4 cm³/mol. The van der Waals surface area contributed by atoms with Crippen LogP contribution in [0.2, 0.25) is 0 Å². The Morgan fingerprint density at radius 1 is 1.33 bits per heavy atom. The summed E-state index contributed by atoms with van der Waals surface area (Å²) in [4.78, 5) is 35.6. The monoisotopic (exact) mass is 255 g/mol. The minimum absolute atomic E-state index is 0.0569. The lowest BCUT2D eigenvalue weighted by molar-refractivity contribution is -0.121.